The van der Waals surface area contributed by atoms with Crippen molar-refractivity contribution in [1.82, 2.24) is 9.78 Å². The van der Waals surface area contributed by atoms with E-state index < -0.39 is 11.4 Å². The van der Waals surface area contributed by atoms with Crippen LogP contribution in [0, 0.1) is 6.92 Å². The second-order valence-corrected chi connectivity index (χ2v) is 5.82. The highest BCUT2D eigenvalue weighted by molar-refractivity contribution is 9.10. The van der Waals surface area contributed by atoms with Gasteiger partial charge in [-0.25, -0.2) is 4.68 Å². The molecule has 0 radical (unpaired) electrons. The van der Waals surface area contributed by atoms with E-state index in [2.05, 4.69) is 21.0 Å². The van der Waals surface area contributed by atoms with Gasteiger partial charge in [-0.3, -0.25) is 4.79 Å². The van der Waals surface area contributed by atoms with Crippen molar-refractivity contribution in [2.24, 2.45) is 0 Å². The molecule has 1 aromatic heterocycles. The number of carboxylic acid groups (broad SMARTS) is 1. The lowest BCUT2D eigenvalue weighted by Gasteiger charge is -2.06. The summed E-state index contributed by atoms with van der Waals surface area (Å²) in [6.45, 7) is 2.01. The molecule has 2 aromatic rings. The third kappa shape index (κ3) is 1.98. The Kier molecular flexibility index (Phi) is 2.74. The van der Waals surface area contributed by atoms with Gasteiger partial charge in [0, 0.05) is 10.7 Å². The lowest BCUT2D eigenvalue weighted by molar-refractivity contribution is -0.140. The molecule has 4 nitrogen and oxygen atoms in total. The molecule has 1 aliphatic carbocycles. The second kappa shape index (κ2) is 4.20. The van der Waals surface area contributed by atoms with Crippen LogP contribution in [-0.4, -0.2) is 20.9 Å². The molecule has 5 heteroatoms. The van der Waals surface area contributed by atoms with Crippen molar-refractivity contribution in [3.8, 4) is 5.69 Å². The quantitative estimate of drug-likeness (QED) is 0.945. The Morgan fingerprint density at radius 2 is 2.16 bits per heavy atom. The van der Waals surface area contributed by atoms with Crippen LogP contribution in [0.5, 0.6) is 0 Å². The van der Waals surface area contributed by atoms with E-state index in [1.54, 1.807) is 10.7 Å². The Bertz CT molecular complexity index is 659. The monoisotopic (exact) mass is 320 g/mol. The number of carbonyl (C=O) groups is 1. The maximum absolute atomic E-state index is 11.3. The minimum Gasteiger partial charge on any atom is -0.481 e. The molecule has 3 rings (SSSR count). The van der Waals surface area contributed by atoms with Gasteiger partial charge in [0.15, 0.2) is 0 Å². The van der Waals surface area contributed by atoms with Crippen LogP contribution in [0.15, 0.2) is 34.9 Å². The first-order valence-corrected chi connectivity index (χ1v) is 6.88. The molecule has 19 heavy (non-hydrogen) atoms. The molecule has 0 atom stereocenters. The van der Waals surface area contributed by atoms with E-state index in [0.29, 0.717) is 18.5 Å². The molecule has 1 heterocycles. The van der Waals surface area contributed by atoms with Gasteiger partial charge < -0.3 is 5.11 Å². The number of aliphatic carboxylic acids is 1. The van der Waals surface area contributed by atoms with Crippen LogP contribution in [0.3, 0.4) is 0 Å². The van der Waals surface area contributed by atoms with Crippen molar-refractivity contribution in [1.29, 1.82) is 0 Å². The first-order valence-electron chi connectivity index (χ1n) is 6.09. The van der Waals surface area contributed by atoms with Crippen LogP contribution >= 0.6 is 15.9 Å². The number of hydrogen-bond donors (Lipinski definition) is 1. The zero-order chi connectivity index (χ0) is 13.6. The Hall–Kier alpha value is -1.62. The predicted octanol–water partition coefficient (Wildman–Crippen LogP) is 3.06. The van der Waals surface area contributed by atoms with Crippen LogP contribution in [0.2, 0.25) is 0 Å². The summed E-state index contributed by atoms with van der Waals surface area (Å²) < 4.78 is 2.78. The largest absolute Gasteiger partial charge is 0.481 e. The van der Waals surface area contributed by atoms with Gasteiger partial charge in [0.25, 0.3) is 0 Å². The zero-order valence-corrected chi connectivity index (χ0v) is 12.0. The highest BCUT2D eigenvalue weighted by Crippen LogP contribution is 2.47. The number of rotatable bonds is 3. The molecule has 0 unspecified atom stereocenters. The Morgan fingerprint density at radius 1 is 1.42 bits per heavy atom. The average molecular weight is 321 g/mol. The van der Waals surface area contributed by atoms with Crippen molar-refractivity contribution < 1.29 is 9.90 Å². The Balaban J connectivity index is 1.97. The van der Waals surface area contributed by atoms with Crippen LogP contribution in [0.4, 0.5) is 0 Å². The van der Waals surface area contributed by atoms with E-state index in [4.69, 9.17) is 0 Å². The molecule has 0 spiro atoms. The fourth-order valence-electron chi connectivity index (χ4n) is 2.20. The fraction of sp³-hybridized carbons (Fsp3) is 0.286. The smallest absolute Gasteiger partial charge is 0.315 e. The van der Waals surface area contributed by atoms with Gasteiger partial charge in [0.1, 0.15) is 5.41 Å². The van der Waals surface area contributed by atoms with E-state index in [1.807, 2.05) is 31.3 Å². The topological polar surface area (TPSA) is 55.1 Å². The SMILES string of the molecule is Cc1cc(-n2ccc(C3(C(=O)O)CC3)n2)ccc1Br. The van der Waals surface area contributed by atoms with Crippen molar-refractivity contribution in [2.75, 3.05) is 0 Å². The normalized spacial score (nSPS) is 16.3. The standard InChI is InChI=1S/C14H13BrN2O2/c1-9-8-10(2-3-11(9)15)17-7-4-12(16-17)14(5-6-14)13(18)19/h2-4,7-8H,5-6H2,1H3,(H,18,19). The van der Waals surface area contributed by atoms with Gasteiger partial charge in [-0.1, -0.05) is 15.9 Å². The highest BCUT2D eigenvalue weighted by atomic mass is 79.9. The molecular weight excluding hydrogens is 308 g/mol. The number of benzene rings is 1. The summed E-state index contributed by atoms with van der Waals surface area (Å²) in [5.41, 5.74) is 1.97. The molecule has 1 aliphatic rings. The molecule has 0 aliphatic heterocycles. The lowest BCUT2D eigenvalue weighted by Crippen LogP contribution is -2.20. The zero-order valence-electron chi connectivity index (χ0n) is 10.4. The van der Waals surface area contributed by atoms with Crippen molar-refractivity contribution in [3.05, 3.63) is 46.2 Å². The first-order chi connectivity index (χ1) is 9.03. The minimum atomic E-state index is -0.773. The molecule has 1 aromatic carbocycles. The molecule has 0 bridgehead atoms. The molecule has 0 amide bonds. The summed E-state index contributed by atoms with van der Waals surface area (Å²) in [5, 5.41) is 13.7. The minimum absolute atomic E-state index is 0.653. The van der Waals surface area contributed by atoms with E-state index in [-0.39, 0.29) is 0 Å². The van der Waals surface area contributed by atoms with E-state index >= 15 is 0 Å². The first kappa shape index (κ1) is 12.4. The molecule has 0 saturated heterocycles. The molecule has 1 saturated carbocycles. The number of hydrogen-bond acceptors (Lipinski definition) is 2. The van der Waals surface area contributed by atoms with E-state index in [0.717, 1.165) is 15.7 Å². The summed E-state index contributed by atoms with van der Waals surface area (Å²) in [4.78, 5) is 11.3. The Labute approximate surface area is 119 Å². The van der Waals surface area contributed by atoms with Crippen LogP contribution in [0.1, 0.15) is 24.1 Å². The predicted molar refractivity (Wildman–Crippen MR) is 74.5 cm³/mol. The van der Waals surface area contributed by atoms with Crippen molar-refractivity contribution >= 4 is 21.9 Å². The van der Waals surface area contributed by atoms with Gasteiger partial charge in [-0.15, -0.1) is 0 Å². The number of halogens is 1. The summed E-state index contributed by atoms with van der Waals surface area (Å²) in [7, 11) is 0. The molecule has 98 valence electrons. The van der Waals surface area contributed by atoms with Crippen LogP contribution < -0.4 is 0 Å². The van der Waals surface area contributed by atoms with Gasteiger partial charge in [-0.2, -0.15) is 5.10 Å². The summed E-state index contributed by atoms with van der Waals surface area (Å²) >= 11 is 3.46. The van der Waals surface area contributed by atoms with Gasteiger partial charge in [0.2, 0.25) is 0 Å². The van der Waals surface area contributed by atoms with E-state index in [1.165, 1.54) is 0 Å². The fourth-order valence-corrected chi connectivity index (χ4v) is 2.45. The average Bonchev–Trinajstić information content (AvgIpc) is 3.05. The maximum Gasteiger partial charge on any atom is 0.315 e. The summed E-state index contributed by atoms with van der Waals surface area (Å²) in [5.74, 6) is -0.773. The van der Waals surface area contributed by atoms with Gasteiger partial charge in [-0.05, 0) is 49.6 Å². The number of carboxylic acids is 1. The second-order valence-electron chi connectivity index (χ2n) is 4.97. The summed E-state index contributed by atoms with van der Waals surface area (Å²) in [6.07, 6.45) is 3.18. The highest BCUT2D eigenvalue weighted by Gasteiger charge is 2.53. The third-order valence-corrected chi connectivity index (χ3v) is 4.53. The summed E-state index contributed by atoms with van der Waals surface area (Å²) in [6, 6.07) is 7.74. The van der Waals surface area contributed by atoms with Crippen LogP contribution in [0.25, 0.3) is 5.69 Å². The van der Waals surface area contributed by atoms with E-state index in [9.17, 15) is 9.90 Å². The van der Waals surface area contributed by atoms with Crippen LogP contribution in [-0.2, 0) is 10.2 Å². The number of aryl methyl sites for hydroxylation is 1. The van der Waals surface area contributed by atoms with Crippen molar-refractivity contribution in [2.45, 2.75) is 25.2 Å². The molecule has 1 N–H and O–H groups in total. The number of nitrogens with zero attached hydrogens (tertiary/aromatic N) is 2. The number of aromatic nitrogens is 2. The van der Waals surface area contributed by atoms with Gasteiger partial charge in [0.05, 0.1) is 11.4 Å². The molecular formula is C14H13BrN2O2. The lowest BCUT2D eigenvalue weighted by atomic mass is 10.0. The van der Waals surface area contributed by atoms with Gasteiger partial charge >= 0.3 is 5.97 Å². The maximum atomic E-state index is 11.3. The third-order valence-electron chi connectivity index (χ3n) is 3.64. The molecule has 1 fully saturated rings. The Morgan fingerprint density at radius 3 is 2.74 bits per heavy atom. The van der Waals surface area contributed by atoms with Crippen molar-refractivity contribution in [3.63, 3.8) is 0 Å².